The maximum atomic E-state index is 13.0. The average Bonchev–Trinajstić information content (AvgIpc) is 3.19. The summed E-state index contributed by atoms with van der Waals surface area (Å²) < 4.78 is 2.00. The van der Waals surface area contributed by atoms with Gasteiger partial charge in [-0.15, -0.1) is 10.2 Å². The van der Waals surface area contributed by atoms with Crippen LogP contribution in [-0.2, 0) is 11.2 Å². The zero-order valence-electron chi connectivity index (χ0n) is 19.7. The van der Waals surface area contributed by atoms with Crippen LogP contribution < -0.4 is 4.90 Å². The first-order valence-corrected chi connectivity index (χ1v) is 12.5. The molecule has 3 heterocycles. The van der Waals surface area contributed by atoms with Crippen molar-refractivity contribution in [2.45, 2.75) is 12.8 Å². The number of hydrogen-bond acceptors (Lipinski definition) is 5. The van der Waals surface area contributed by atoms with Crippen molar-refractivity contribution in [3.05, 3.63) is 89.4 Å². The molecule has 2 aromatic heterocycles. The molecule has 0 aliphatic carbocycles. The Hall–Kier alpha value is -3.97. The van der Waals surface area contributed by atoms with E-state index in [9.17, 15) is 4.79 Å². The van der Waals surface area contributed by atoms with Crippen molar-refractivity contribution >= 4 is 40.0 Å². The van der Waals surface area contributed by atoms with E-state index in [2.05, 4.69) is 15.1 Å². The molecule has 3 aromatic carbocycles. The number of amides is 1. The zero-order chi connectivity index (χ0) is 24.5. The molecule has 0 atom stereocenters. The van der Waals surface area contributed by atoms with E-state index >= 15 is 0 Å². The third-order valence-corrected chi connectivity index (χ3v) is 7.00. The molecule has 0 saturated carbocycles. The highest BCUT2D eigenvalue weighted by atomic mass is 35.5. The number of fused-ring (bicyclic) bond motifs is 3. The number of hydrogen-bond donors (Lipinski definition) is 0. The number of carbonyl (C=O) groups excluding carboxylic acids is 1. The second-order valence-corrected chi connectivity index (χ2v) is 9.38. The molecule has 0 N–H and O–H groups in total. The van der Waals surface area contributed by atoms with Crippen molar-refractivity contribution in [3.8, 4) is 11.4 Å². The van der Waals surface area contributed by atoms with Gasteiger partial charge in [-0.3, -0.25) is 4.79 Å². The van der Waals surface area contributed by atoms with Crippen LogP contribution >= 0.6 is 11.6 Å². The highest BCUT2D eigenvalue weighted by Crippen LogP contribution is 2.32. The summed E-state index contributed by atoms with van der Waals surface area (Å²) in [7, 11) is 0. The maximum absolute atomic E-state index is 13.0. The number of para-hydroxylation sites is 1. The second-order valence-electron chi connectivity index (χ2n) is 8.98. The van der Waals surface area contributed by atoms with Gasteiger partial charge in [-0.05, 0) is 36.2 Å². The van der Waals surface area contributed by atoms with Crippen molar-refractivity contribution in [2.75, 3.05) is 31.1 Å². The smallest absolute Gasteiger partial charge is 0.227 e. The molecule has 36 heavy (non-hydrogen) atoms. The van der Waals surface area contributed by atoms with Crippen molar-refractivity contribution in [1.29, 1.82) is 0 Å². The van der Waals surface area contributed by atoms with Gasteiger partial charge in [-0.2, -0.15) is 0 Å². The summed E-state index contributed by atoms with van der Waals surface area (Å²) in [5.74, 6) is 1.58. The lowest BCUT2D eigenvalue weighted by Crippen LogP contribution is -2.36. The third-order valence-electron chi connectivity index (χ3n) is 6.67. The first kappa shape index (κ1) is 22.5. The number of halogens is 1. The van der Waals surface area contributed by atoms with Gasteiger partial charge < -0.3 is 9.80 Å². The van der Waals surface area contributed by atoms with E-state index < -0.39 is 0 Å². The molecule has 0 spiro atoms. The van der Waals surface area contributed by atoms with Gasteiger partial charge in [-0.25, -0.2) is 9.38 Å². The Kier molecular flexibility index (Phi) is 5.99. The molecule has 1 saturated heterocycles. The second kappa shape index (κ2) is 9.59. The fourth-order valence-corrected chi connectivity index (χ4v) is 5.06. The van der Waals surface area contributed by atoms with Crippen LogP contribution in [0.1, 0.15) is 12.0 Å². The summed E-state index contributed by atoms with van der Waals surface area (Å²) in [4.78, 5) is 22.3. The fourth-order valence-electron chi connectivity index (χ4n) is 4.84. The zero-order valence-corrected chi connectivity index (χ0v) is 20.5. The quantitative estimate of drug-likeness (QED) is 0.355. The maximum Gasteiger partial charge on any atom is 0.227 e. The van der Waals surface area contributed by atoms with E-state index in [-0.39, 0.29) is 5.91 Å². The number of rotatable bonds is 4. The SMILES string of the molecule is O=C(Cc1ccccc1)N1CCCN(c2nc3ccccc3c3nnc(-c4ccccc4Cl)n23)CC1. The van der Waals surface area contributed by atoms with E-state index in [0.717, 1.165) is 53.1 Å². The Morgan fingerprint density at radius 1 is 0.833 bits per heavy atom. The molecule has 0 radical (unpaired) electrons. The predicted molar refractivity (Wildman–Crippen MR) is 142 cm³/mol. The summed E-state index contributed by atoms with van der Waals surface area (Å²) in [6.07, 6.45) is 1.27. The molecule has 7 nitrogen and oxygen atoms in total. The van der Waals surface area contributed by atoms with Crippen LogP contribution in [0.25, 0.3) is 27.9 Å². The van der Waals surface area contributed by atoms with E-state index in [1.165, 1.54) is 0 Å². The van der Waals surface area contributed by atoms with E-state index in [1.54, 1.807) is 0 Å². The fraction of sp³-hybridized carbons (Fsp3) is 0.214. The van der Waals surface area contributed by atoms with Crippen LogP contribution in [0.5, 0.6) is 0 Å². The molecule has 1 aliphatic heterocycles. The van der Waals surface area contributed by atoms with Gasteiger partial charge in [0.2, 0.25) is 11.9 Å². The van der Waals surface area contributed by atoms with Gasteiger partial charge in [0, 0.05) is 37.1 Å². The van der Waals surface area contributed by atoms with E-state index in [0.29, 0.717) is 30.4 Å². The Morgan fingerprint density at radius 2 is 1.61 bits per heavy atom. The van der Waals surface area contributed by atoms with E-state index in [1.807, 2.05) is 88.2 Å². The van der Waals surface area contributed by atoms with Crippen LogP contribution in [0, 0.1) is 0 Å². The first-order chi connectivity index (χ1) is 17.7. The summed E-state index contributed by atoms with van der Waals surface area (Å²) in [6.45, 7) is 2.79. The van der Waals surface area contributed by atoms with Crippen LogP contribution in [0.4, 0.5) is 5.95 Å². The molecule has 0 bridgehead atoms. The van der Waals surface area contributed by atoms with Gasteiger partial charge in [0.15, 0.2) is 11.5 Å². The highest BCUT2D eigenvalue weighted by Gasteiger charge is 2.25. The number of aromatic nitrogens is 4. The minimum atomic E-state index is 0.153. The van der Waals surface area contributed by atoms with Crippen LogP contribution in [-0.4, -0.2) is 56.6 Å². The van der Waals surface area contributed by atoms with Gasteiger partial charge in [-0.1, -0.05) is 66.2 Å². The van der Waals surface area contributed by atoms with Crippen LogP contribution in [0.15, 0.2) is 78.9 Å². The van der Waals surface area contributed by atoms with Crippen molar-refractivity contribution in [1.82, 2.24) is 24.5 Å². The summed E-state index contributed by atoms with van der Waals surface area (Å²) in [6, 6.07) is 25.5. The van der Waals surface area contributed by atoms with Crippen molar-refractivity contribution in [2.24, 2.45) is 0 Å². The number of anilines is 1. The molecule has 6 rings (SSSR count). The lowest BCUT2D eigenvalue weighted by Gasteiger charge is -2.24. The van der Waals surface area contributed by atoms with Crippen molar-refractivity contribution < 1.29 is 4.79 Å². The Balaban J connectivity index is 1.37. The molecule has 180 valence electrons. The number of benzene rings is 3. The summed E-state index contributed by atoms with van der Waals surface area (Å²) >= 11 is 6.56. The molecular weight excluding hydrogens is 472 g/mol. The molecule has 1 aliphatic rings. The Bertz CT molecular complexity index is 1550. The van der Waals surface area contributed by atoms with Crippen LogP contribution in [0.3, 0.4) is 0 Å². The standard InChI is InChI=1S/C28H25ClN6O/c29-23-13-6-4-11-21(23)26-31-32-27-22-12-5-7-14-24(22)30-28(35(26)27)34-16-8-15-33(17-18-34)25(36)19-20-9-2-1-3-10-20/h1-7,9-14H,8,15-19H2. The number of nitrogens with zero attached hydrogens (tertiary/aromatic N) is 6. The molecule has 1 amide bonds. The molecule has 0 unspecified atom stereocenters. The number of carbonyl (C=O) groups is 1. The lowest BCUT2D eigenvalue weighted by molar-refractivity contribution is -0.130. The highest BCUT2D eigenvalue weighted by molar-refractivity contribution is 6.33. The van der Waals surface area contributed by atoms with Crippen molar-refractivity contribution in [3.63, 3.8) is 0 Å². The topological polar surface area (TPSA) is 66.6 Å². The molecule has 1 fully saturated rings. The largest absolute Gasteiger partial charge is 0.341 e. The monoisotopic (exact) mass is 496 g/mol. The van der Waals surface area contributed by atoms with Gasteiger partial charge in [0.25, 0.3) is 0 Å². The normalized spacial score (nSPS) is 14.4. The van der Waals surface area contributed by atoms with Gasteiger partial charge >= 0.3 is 0 Å². The lowest BCUT2D eigenvalue weighted by atomic mass is 10.1. The third kappa shape index (κ3) is 4.16. The minimum absolute atomic E-state index is 0.153. The van der Waals surface area contributed by atoms with E-state index in [4.69, 9.17) is 16.6 Å². The minimum Gasteiger partial charge on any atom is -0.341 e. The predicted octanol–water partition coefficient (Wildman–Crippen LogP) is 4.88. The molecule has 8 heteroatoms. The Labute approximate surface area is 214 Å². The van der Waals surface area contributed by atoms with Gasteiger partial charge in [0.05, 0.1) is 17.0 Å². The summed E-state index contributed by atoms with van der Waals surface area (Å²) in [5.41, 5.74) is 3.45. The Morgan fingerprint density at radius 3 is 2.47 bits per heavy atom. The first-order valence-electron chi connectivity index (χ1n) is 12.1. The van der Waals surface area contributed by atoms with Gasteiger partial charge in [0.1, 0.15) is 0 Å². The molecule has 5 aromatic rings. The average molecular weight is 497 g/mol. The van der Waals surface area contributed by atoms with Crippen LogP contribution in [0.2, 0.25) is 5.02 Å². The summed E-state index contributed by atoms with van der Waals surface area (Å²) in [5, 5.41) is 10.6. The molecular formula is C28H25ClN6O.